The summed E-state index contributed by atoms with van der Waals surface area (Å²) in [6.07, 6.45) is 3.31. The van der Waals surface area contributed by atoms with Crippen molar-refractivity contribution in [1.29, 1.82) is 0 Å². The number of carboxylic acid groups (broad SMARTS) is 1. The molecule has 26 heavy (non-hydrogen) atoms. The molecule has 1 fully saturated rings. The molecule has 0 spiro atoms. The number of nitrogens with one attached hydrogen (secondary N) is 1. The molecule has 0 bridgehead atoms. The van der Waals surface area contributed by atoms with Crippen molar-refractivity contribution in [2.24, 2.45) is 7.05 Å². The summed E-state index contributed by atoms with van der Waals surface area (Å²) in [5, 5.41) is 11.9. The maximum atomic E-state index is 12.0. The number of carbonyl (C=O) groups is 2. The summed E-state index contributed by atoms with van der Waals surface area (Å²) in [6.45, 7) is 1.66. The fourth-order valence-electron chi connectivity index (χ4n) is 3.77. The zero-order valence-corrected chi connectivity index (χ0v) is 15.2. The molecule has 3 rings (SSSR count). The van der Waals surface area contributed by atoms with Crippen molar-refractivity contribution in [3.63, 3.8) is 0 Å². The molecule has 0 radical (unpaired) electrons. The smallest absolute Gasteiger partial charge is 0.335 e. The van der Waals surface area contributed by atoms with Crippen LogP contribution in [0.1, 0.15) is 57.4 Å². The minimum atomic E-state index is -0.903. The Labute approximate surface area is 153 Å². The molecule has 6 nitrogen and oxygen atoms in total. The summed E-state index contributed by atoms with van der Waals surface area (Å²) < 4.78 is 1.97. The predicted molar refractivity (Wildman–Crippen MR) is 99.2 cm³/mol. The lowest BCUT2D eigenvalue weighted by molar-refractivity contribution is 0.0696. The zero-order chi connectivity index (χ0) is 18.7. The van der Waals surface area contributed by atoms with Crippen LogP contribution >= 0.6 is 0 Å². The first-order valence-electron chi connectivity index (χ1n) is 8.95. The Bertz CT molecular complexity index is 812. The van der Waals surface area contributed by atoms with Gasteiger partial charge in [-0.25, -0.2) is 4.79 Å². The first-order valence-corrected chi connectivity index (χ1v) is 8.95. The van der Waals surface area contributed by atoms with Crippen LogP contribution in [0.5, 0.6) is 0 Å². The Balaban J connectivity index is 1.85. The van der Waals surface area contributed by atoms with Gasteiger partial charge in [0.1, 0.15) is 5.69 Å². The van der Waals surface area contributed by atoms with Crippen LogP contribution in [0.15, 0.2) is 36.4 Å². The minimum absolute atomic E-state index is 0.0877. The average Bonchev–Trinajstić information content (AvgIpc) is 3.03. The second-order valence-electron chi connectivity index (χ2n) is 6.77. The van der Waals surface area contributed by atoms with Crippen molar-refractivity contribution in [3.8, 4) is 0 Å². The number of aromatic carboxylic acids is 1. The van der Waals surface area contributed by atoms with Crippen molar-refractivity contribution in [1.82, 2.24) is 14.8 Å². The van der Waals surface area contributed by atoms with Crippen LogP contribution in [0, 0.1) is 0 Å². The van der Waals surface area contributed by atoms with Crippen LogP contribution in [-0.2, 0) is 13.6 Å². The number of hydrogen-bond acceptors (Lipinski definition) is 3. The number of carboxylic acids is 1. The van der Waals surface area contributed by atoms with Gasteiger partial charge in [0, 0.05) is 26.3 Å². The van der Waals surface area contributed by atoms with Crippen molar-refractivity contribution >= 4 is 11.9 Å². The van der Waals surface area contributed by atoms with Crippen molar-refractivity contribution in [2.45, 2.75) is 31.8 Å². The van der Waals surface area contributed by atoms with Crippen LogP contribution in [0.4, 0.5) is 0 Å². The molecule has 2 N–H and O–H groups in total. The van der Waals surface area contributed by atoms with Gasteiger partial charge in [-0.2, -0.15) is 0 Å². The van der Waals surface area contributed by atoms with E-state index >= 15 is 0 Å². The van der Waals surface area contributed by atoms with Gasteiger partial charge in [-0.15, -0.1) is 0 Å². The monoisotopic (exact) mass is 355 g/mol. The maximum Gasteiger partial charge on any atom is 0.335 e. The molecule has 0 aliphatic carbocycles. The molecule has 1 amide bonds. The molecule has 1 aromatic heterocycles. The Morgan fingerprint density at radius 2 is 2.04 bits per heavy atom. The number of amides is 1. The topological polar surface area (TPSA) is 74.6 Å². The van der Waals surface area contributed by atoms with Gasteiger partial charge in [-0.05, 0) is 49.2 Å². The van der Waals surface area contributed by atoms with Gasteiger partial charge in [-0.3, -0.25) is 9.69 Å². The summed E-state index contributed by atoms with van der Waals surface area (Å²) in [6, 6.07) is 11.2. The van der Waals surface area contributed by atoms with Crippen LogP contribution in [-0.4, -0.2) is 40.0 Å². The molecule has 138 valence electrons. The third-order valence-corrected chi connectivity index (χ3v) is 5.13. The average molecular weight is 355 g/mol. The quantitative estimate of drug-likeness (QED) is 0.865. The van der Waals surface area contributed by atoms with Gasteiger partial charge in [0.25, 0.3) is 5.91 Å². The van der Waals surface area contributed by atoms with Gasteiger partial charge < -0.3 is 15.0 Å². The van der Waals surface area contributed by atoms with Crippen molar-refractivity contribution in [2.75, 3.05) is 13.6 Å². The first-order chi connectivity index (χ1) is 12.5. The second kappa shape index (κ2) is 7.74. The molecule has 2 heterocycles. The number of rotatable bonds is 5. The van der Waals surface area contributed by atoms with E-state index in [1.54, 1.807) is 25.2 Å². The van der Waals surface area contributed by atoms with Crippen LogP contribution < -0.4 is 5.32 Å². The van der Waals surface area contributed by atoms with E-state index in [0.29, 0.717) is 17.8 Å². The normalized spacial score (nSPS) is 17.8. The number of piperidine rings is 1. The molecule has 1 saturated heterocycles. The molecular formula is C20H25N3O3. The third kappa shape index (κ3) is 3.65. The molecule has 1 aliphatic heterocycles. The van der Waals surface area contributed by atoms with E-state index in [2.05, 4.69) is 10.2 Å². The fourth-order valence-corrected chi connectivity index (χ4v) is 3.77. The van der Waals surface area contributed by atoms with E-state index in [1.807, 2.05) is 29.8 Å². The predicted octanol–water partition coefficient (Wildman–Crippen LogP) is 2.81. The second-order valence-corrected chi connectivity index (χ2v) is 6.77. The van der Waals surface area contributed by atoms with Crippen LogP contribution in [0.2, 0.25) is 0 Å². The standard InChI is InChI=1S/C20H25N3O3/c1-21-19(24)18-10-9-16(22(18)2)17-8-3-4-11-23(17)13-14-6-5-7-15(12-14)20(25)26/h5-7,9-10,12,17H,3-4,8,11,13H2,1-2H3,(H,21,24)(H,25,26). The zero-order valence-electron chi connectivity index (χ0n) is 15.2. The highest BCUT2D eigenvalue weighted by molar-refractivity contribution is 5.92. The van der Waals surface area contributed by atoms with Crippen LogP contribution in [0.25, 0.3) is 0 Å². The van der Waals surface area contributed by atoms with E-state index < -0.39 is 5.97 Å². The molecule has 2 aromatic rings. The number of hydrogen-bond donors (Lipinski definition) is 2. The lowest BCUT2D eigenvalue weighted by Gasteiger charge is -2.36. The maximum absolute atomic E-state index is 12.0. The highest BCUT2D eigenvalue weighted by Gasteiger charge is 2.27. The molecule has 1 aromatic carbocycles. The number of benzene rings is 1. The number of likely N-dealkylation sites (tertiary alicyclic amines) is 1. The largest absolute Gasteiger partial charge is 0.478 e. The highest BCUT2D eigenvalue weighted by Crippen LogP contribution is 2.33. The van der Waals surface area contributed by atoms with E-state index in [1.165, 1.54) is 0 Å². The highest BCUT2D eigenvalue weighted by atomic mass is 16.4. The molecule has 1 aliphatic rings. The minimum Gasteiger partial charge on any atom is -0.478 e. The lowest BCUT2D eigenvalue weighted by atomic mass is 9.98. The van der Waals surface area contributed by atoms with Crippen LogP contribution in [0.3, 0.4) is 0 Å². The fraction of sp³-hybridized carbons (Fsp3) is 0.400. The number of aromatic nitrogens is 1. The van der Waals surface area contributed by atoms with Crippen molar-refractivity contribution < 1.29 is 14.7 Å². The van der Waals surface area contributed by atoms with E-state index in [0.717, 1.165) is 37.1 Å². The molecule has 1 unspecified atom stereocenters. The summed E-state index contributed by atoms with van der Waals surface area (Å²) in [5.41, 5.74) is 3.09. The van der Waals surface area contributed by atoms with E-state index in [-0.39, 0.29) is 11.9 Å². The summed E-state index contributed by atoms with van der Waals surface area (Å²) in [5.74, 6) is -0.991. The summed E-state index contributed by atoms with van der Waals surface area (Å²) >= 11 is 0. The lowest BCUT2D eigenvalue weighted by Crippen LogP contribution is -2.34. The first kappa shape index (κ1) is 18.2. The van der Waals surface area contributed by atoms with Gasteiger partial charge >= 0.3 is 5.97 Å². The van der Waals surface area contributed by atoms with Gasteiger partial charge in [0.05, 0.1) is 11.6 Å². The van der Waals surface area contributed by atoms with Gasteiger partial charge in [0.2, 0.25) is 0 Å². The Morgan fingerprint density at radius 3 is 2.77 bits per heavy atom. The Morgan fingerprint density at radius 1 is 1.23 bits per heavy atom. The van der Waals surface area contributed by atoms with Gasteiger partial charge in [-0.1, -0.05) is 18.6 Å². The summed E-state index contributed by atoms with van der Waals surface area (Å²) in [4.78, 5) is 25.6. The van der Waals surface area contributed by atoms with E-state index in [9.17, 15) is 14.7 Å². The van der Waals surface area contributed by atoms with Gasteiger partial charge in [0.15, 0.2) is 0 Å². The SMILES string of the molecule is CNC(=O)c1ccc(C2CCCCN2Cc2cccc(C(=O)O)c2)n1C. The van der Waals surface area contributed by atoms with Crippen molar-refractivity contribution in [3.05, 3.63) is 58.9 Å². The Kier molecular flexibility index (Phi) is 5.42. The molecule has 0 saturated carbocycles. The molecule has 1 atom stereocenters. The number of nitrogens with zero attached hydrogens (tertiary/aromatic N) is 2. The molecular weight excluding hydrogens is 330 g/mol. The summed E-state index contributed by atoms with van der Waals surface area (Å²) in [7, 11) is 3.56. The third-order valence-electron chi connectivity index (χ3n) is 5.13. The number of carbonyl (C=O) groups excluding carboxylic acids is 1. The molecule has 6 heteroatoms. The Hall–Kier alpha value is -2.60. The van der Waals surface area contributed by atoms with E-state index in [4.69, 9.17) is 0 Å².